The fourth-order valence-electron chi connectivity index (χ4n) is 3.07. The second kappa shape index (κ2) is 10.0. The molecule has 0 saturated heterocycles. The average molecular weight is 409 g/mol. The Morgan fingerprint density at radius 2 is 1.93 bits per heavy atom. The van der Waals surface area contributed by atoms with E-state index in [-0.39, 0.29) is 19.2 Å². The third-order valence-electron chi connectivity index (χ3n) is 5.00. The standard InChI is InChI=1S/C23H28N4O3/c1-4-26(3)23(29)27(5-2)15-21(28)17-10-8-11-19(13-17)30-16-22-24-14-18-9-6-7-12-20(18)25-22/h6-14,21,28H,4-5,15-16H2,1-3H3. The quantitative estimate of drug-likeness (QED) is 0.616. The number of aromatic nitrogens is 2. The Labute approximate surface area is 176 Å². The van der Waals surface area contributed by atoms with Gasteiger partial charge in [0.25, 0.3) is 0 Å². The summed E-state index contributed by atoms with van der Waals surface area (Å²) < 4.78 is 5.84. The summed E-state index contributed by atoms with van der Waals surface area (Å²) in [7, 11) is 1.75. The number of likely N-dealkylation sites (N-methyl/N-ethyl adjacent to an activating group) is 1. The molecule has 0 spiro atoms. The highest BCUT2D eigenvalue weighted by atomic mass is 16.5. The molecule has 0 saturated carbocycles. The minimum atomic E-state index is -0.806. The molecule has 7 heteroatoms. The van der Waals surface area contributed by atoms with Crippen LogP contribution in [0.15, 0.2) is 54.7 Å². The largest absolute Gasteiger partial charge is 0.486 e. The molecule has 158 valence electrons. The number of amides is 2. The van der Waals surface area contributed by atoms with Crippen LogP contribution in [0.3, 0.4) is 0 Å². The van der Waals surface area contributed by atoms with Crippen molar-refractivity contribution in [1.29, 1.82) is 0 Å². The average Bonchev–Trinajstić information content (AvgIpc) is 2.80. The second-order valence-electron chi connectivity index (χ2n) is 7.06. The van der Waals surface area contributed by atoms with Gasteiger partial charge in [0.15, 0.2) is 5.82 Å². The van der Waals surface area contributed by atoms with Crippen LogP contribution in [0.1, 0.15) is 31.3 Å². The van der Waals surface area contributed by atoms with Crippen LogP contribution in [0.5, 0.6) is 5.75 Å². The van der Waals surface area contributed by atoms with Crippen LogP contribution in [-0.4, -0.2) is 57.6 Å². The number of ether oxygens (including phenoxy) is 1. The summed E-state index contributed by atoms with van der Waals surface area (Å²) >= 11 is 0. The van der Waals surface area contributed by atoms with Crippen LogP contribution in [0.25, 0.3) is 10.9 Å². The molecule has 1 unspecified atom stereocenters. The van der Waals surface area contributed by atoms with Crippen LogP contribution in [0.4, 0.5) is 4.79 Å². The SMILES string of the molecule is CCN(C)C(=O)N(CC)CC(O)c1cccc(OCc2ncc3ccccc3n2)c1. The zero-order valence-corrected chi connectivity index (χ0v) is 17.7. The first-order valence-corrected chi connectivity index (χ1v) is 10.1. The molecule has 1 heterocycles. The monoisotopic (exact) mass is 408 g/mol. The number of fused-ring (bicyclic) bond motifs is 1. The maximum atomic E-state index is 12.4. The van der Waals surface area contributed by atoms with Gasteiger partial charge in [-0.15, -0.1) is 0 Å². The number of hydrogen-bond acceptors (Lipinski definition) is 5. The Hall–Kier alpha value is -3.19. The van der Waals surface area contributed by atoms with E-state index < -0.39 is 6.10 Å². The number of rotatable bonds is 8. The normalized spacial score (nSPS) is 11.9. The van der Waals surface area contributed by atoms with Gasteiger partial charge in [0.1, 0.15) is 12.4 Å². The minimum Gasteiger partial charge on any atom is -0.486 e. The van der Waals surface area contributed by atoms with Crippen LogP contribution < -0.4 is 4.74 Å². The van der Waals surface area contributed by atoms with E-state index in [9.17, 15) is 9.90 Å². The summed E-state index contributed by atoms with van der Waals surface area (Å²) in [5.41, 5.74) is 1.56. The van der Waals surface area contributed by atoms with Crippen molar-refractivity contribution in [2.75, 3.05) is 26.7 Å². The molecule has 30 heavy (non-hydrogen) atoms. The lowest BCUT2D eigenvalue weighted by Gasteiger charge is -2.28. The van der Waals surface area contributed by atoms with E-state index in [2.05, 4.69) is 9.97 Å². The van der Waals surface area contributed by atoms with E-state index in [1.54, 1.807) is 29.1 Å². The molecule has 0 radical (unpaired) electrons. The van der Waals surface area contributed by atoms with Crippen LogP contribution >= 0.6 is 0 Å². The first-order chi connectivity index (χ1) is 14.5. The van der Waals surface area contributed by atoms with E-state index >= 15 is 0 Å². The number of aliphatic hydroxyl groups excluding tert-OH is 1. The maximum absolute atomic E-state index is 12.4. The third-order valence-corrected chi connectivity index (χ3v) is 5.00. The molecule has 0 aliphatic heterocycles. The fourth-order valence-corrected chi connectivity index (χ4v) is 3.07. The van der Waals surface area contributed by atoms with Gasteiger partial charge >= 0.3 is 6.03 Å². The first-order valence-electron chi connectivity index (χ1n) is 10.1. The fraction of sp³-hybridized carbons (Fsp3) is 0.348. The molecule has 0 aliphatic carbocycles. The van der Waals surface area contributed by atoms with Crippen LogP contribution in [-0.2, 0) is 6.61 Å². The number of carbonyl (C=O) groups excluding carboxylic acids is 1. The Balaban J connectivity index is 1.65. The predicted octanol–water partition coefficient (Wildman–Crippen LogP) is 3.64. The third kappa shape index (κ3) is 5.24. The Morgan fingerprint density at radius 1 is 1.13 bits per heavy atom. The van der Waals surface area contributed by atoms with Gasteiger partial charge in [0.2, 0.25) is 0 Å². The van der Waals surface area contributed by atoms with Gasteiger partial charge in [-0.2, -0.15) is 0 Å². The number of para-hydroxylation sites is 1. The van der Waals surface area contributed by atoms with Crippen LogP contribution in [0.2, 0.25) is 0 Å². The minimum absolute atomic E-state index is 0.0973. The Kier molecular flexibility index (Phi) is 7.19. The predicted molar refractivity (Wildman–Crippen MR) is 116 cm³/mol. The summed E-state index contributed by atoms with van der Waals surface area (Å²) in [6, 6.07) is 15.0. The number of aliphatic hydroxyl groups is 1. The molecule has 1 N–H and O–H groups in total. The molecule has 2 aromatic carbocycles. The van der Waals surface area contributed by atoms with Gasteiger partial charge in [-0.1, -0.05) is 30.3 Å². The van der Waals surface area contributed by atoms with Crippen LogP contribution in [0, 0.1) is 0 Å². The summed E-state index contributed by atoms with van der Waals surface area (Å²) in [6.07, 6.45) is 0.977. The maximum Gasteiger partial charge on any atom is 0.319 e. The molecule has 3 aromatic rings. The zero-order valence-electron chi connectivity index (χ0n) is 17.7. The zero-order chi connectivity index (χ0) is 21.5. The topological polar surface area (TPSA) is 78.8 Å². The highest BCUT2D eigenvalue weighted by Gasteiger charge is 2.20. The summed E-state index contributed by atoms with van der Waals surface area (Å²) in [5.74, 6) is 1.20. The molecular formula is C23H28N4O3. The van der Waals surface area contributed by atoms with Gasteiger partial charge in [-0.25, -0.2) is 14.8 Å². The van der Waals surface area contributed by atoms with Crippen molar-refractivity contribution in [3.8, 4) is 5.75 Å². The van der Waals surface area contributed by atoms with E-state index in [1.807, 2.05) is 56.3 Å². The number of nitrogens with zero attached hydrogens (tertiary/aromatic N) is 4. The van der Waals surface area contributed by atoms with Crippen molar-refractivity contribution in [2.45, 2.75) is 26.6 Å². The highest BCUT2D eigenvalue weighted by molar-refractivity contribution is 5.77. The van der Waals surface area contributed by atoms with Gasteiger partial charge in [0, 0.05) is 31.7 Å². The summed E-state index contributed by atoms with van der Waals surface area (Å²) in [5, 5.41) is 11.6. The van der Waals surface area contributed by atoms with E-state index in [1.165, 1.54) is 0 Å². The van der Waals surface area contributed by atoms with Gasteiger partial charge in [-0.05, 0) is 37.6 Å². The number of hydrogen-bond donors (Lipinski definition) is 1. The highest BCUT2D eigenvalue weighted by Crippen LogP contribution is 2.21. The molecular weight excluding hydrogens is 380 g/mol. The lowest BCUT2D eigenvalue weighted by atomic mass is 10.1. The van der Waals surface area contributed by atoms with Crippen molar-refractivity contribution in [3.63, 3.8) is 0 Å². The van der Waals surface area contributed by atoms with Gasteiger partial charge < -0.3 is 19.6 Å². The molecule has 0 aliphatic rings. The number of urea groups is 1. The smallest absolute Gasteiger partial charge is 0.319 e. The van der Waals surface area contributed by atoms with E-state index in [0.717, 1.165) is 10.9 Å². The van der Waals surface area contributed by atoms with Crippen molar-refractivity contribution in [3.05, 3.63) is 66.1 Å². The Bertz CT molecular complexity index is 995. The lowest BCUT2D eigenvalue weighted by Crippen LogP contribution is -2.42. The van der Waals surface area contributed by atoms with Crippen molar-refractivity contribution in [1.82, 2.24) is 19.8 Å². The first kappa shape index (κ1) is 21.5. The van der Waals surface area contributed by atoms with Crippen molar-refractivity contribution in [2.24, 2.45) is 0 Å². The van der Waals surface area contributed by atoms with Gasteiger partial charge in [0.05, 0.1) is 18.2 Å². The van der Waals surface area contributed by atoms with Crippen molar-refractivity contribution < 1.29 is 14.6 Å². The molecule has 3 rings (SSSR count). The molecule has 2 amide bonds. The molecule has 7 nitrogen and oxygen atoms in total. The van der Waals surface area contributed by atoms with E-state index in [4.69, 9.17) is 4.74 Å². The summed E-state index contributed by atoms with van der Waals surface area (Å²) in [6.45, 7) is 5.41. The Morgan fingerprint density at radius 3 is 2.70 bits per heavy atom. The van der Waals surface area contributed by atoms with Gasteiger partial charge in [-0.3, -0.25) is 0 Å². The second-order valence-corrected chi connectivity index (χ2v) is 7.06. The molecule has 1 atom stereocenters. The number of benzene rings is 2. The molecule has 1 aromatic heterocycles. The molecule has 0 fully saturated rings. The molecule has 0 bridgehead atoms. The lowest BCUT2D eigenvalue weighted by molar-refractivity contribution is 0.110. The summed E-state index contributed by atoms with van der Waals surface area (Å²) in [4.78, 5) is 24.5. The number of carbonyl (C=O) groups is 1. The van der Waals surface area contributed by atoms with E-state index in [0.29, 0.717) is 30.2 Å². The van der Waals surface area contributed by atoms with Crippen molar-refractivity contribution >= 4 is 16.9 Å².